The van der Waals surface area contributed by atoms with E-state index in [9.17, 15) is 10.1 Å². The first-order valence-corrected chi connectivity index (χ1v) is 9.88. The van der Waals surface area contributed by atoms with E-state index in [0.29, 0.717) is 32.1 Å². The number of rotatable bonds is 7. The number of furan rings is 1. The van der Waals surface area contributed by atoms with Crippen molar-refractivity contribution < 1.29 is 13.9 Å². The van der Waals surface area contributed by atoms with Crippen LogP contribution in [0.3, 0.4) is 0 Å². The van der Waals surface area contributed by atoms with Crippen LogP contribution in [0.5, 0.6) is 5.75 Å². The van der Waals surface area contributed by atoms with Gasteiger partial charge >= 0.3 is 0 Å². The molecule has 0 spiro atoms. The molecule has 0 bridgehead atoms. The molecular formula is C22H15Cl3N2O3. The minimum absolute atomic E-state index is 0.0536. The van der Waals surface area contributed by atoms with Gasteiger partial charge in [0.2, 0.25) is 0 Å². The molecule has 1 N–H and O–H groups in total. The Morgan fingerprint density at radius 2 is 1.93 bits per heavy atom. The van der Waals surface area contributed by atoms with Crippen LogP contribution in [0.1, 0.15) is 16.9 Å². The molecule has 0 aliphatic rings. The average molecular weight is 462 g/mol. The fraction of sp³-hybridized carbons (Fsp3) is 0.0909. The van der Waals surface area contributed by atoms with Crippen molar-refractivity contribution in [3.05, 3.63) is 92.3 Å². The lowest BCUT2D eigenvalue weighted by atomic mass is 10.1. The number of hydrogen-bond acceptors (Lipinski definition) is 4. The molecule has 0 atom stereocenters. The Balaban J connectivity index is 1.66. The van der Waals surface area contributed by atoms with Crippen LogP contribution >= 0.6 is 34.8 Å². The second-order valence-corrected chi connectivity index (χ2v) is 7.38. The van der Waals surface area contributed by atoms with Crippen molar-refractivity contribution in [2.75, 3.05) is 0 Å². The summed E-state index contributed by atoms with van der Waals surface area (Å²) in [6.45, 7) is 0.442. The Morgan fingerprint density at radius 3 is 2.60 bits per heavy atom. The Morgan fingerprint density at radius 1 is 1.10 bits per heavy atom. The molecule has 1 amide bonds. The third-order valence-electron chi connectivity index (χ3n) is 4.01. The molecule has 2 aromatic carbocycles. The highest BCUT2D eigenvalue weighted by atomic mass is 35.5. The molecule has 0 radical (unpaired) electrons. The molecule has 1 heterocycles. The molecule has 0 saturated carbocycles. The fourth-order valence-corrected chi connectivity index (χ4v) is 3.07. The van der Waals surface area contributed by atoms with E-state index in [2.05, 4.69) is 5.32 Å². The zero-order valence-electron chi connectivity index (χ0n) is 15.5. The Bertz CT molecular complexity index is 1120. The van der Waals surface area contributed by atoms with Crippen LogP contribution in [0, 0.1) is 11.3 Å². The van der Waals surface area contributed by atoms with E-state index in [1.54, 1.807) is 48.5 Å². The molecule has 8 heteroatoms. The number of nitrogens with one attached hydrogen (secondary N) is 1. The molecule has 1 aromatic heterocycles. The van der Waals surface area contributed by atoms with Crippen LogP contribution in [0.4, 0.5) is 0 Å². The molecule has 30 heavy (non-hydrogen) atoms. The minimum atomic E-state index is -0.509. The molecule has 0 unspecified atom stereocenters. The van der Waals surface area contributed by atoms with Gasteiger partial charge in [-0.1, -0.05) is 46.9 Å². The first kappa shape index (κ1) is 21.8. The van der Waals surface area contributed by atoms with Crippen molar-refractivity contribution in [1.82, 2.24) is 5.32 Å². The summed E-state index contributed by atoms with van der Waals surface area (Å²) >= 11 is 18.2. The predicted molar refractivity (Wildman–Crippen MR) is 116 cm³/mol. The molecule has 152 valence electrons. The second-order valence-electron chi connectivity index (χ2n) is 6.16. The maximum atomic E-state index is 12.2. The monoisotopic (exact) mass is 460 g/mol. The number of nitrogens with zero attached hydrogens (tertiary/aromatic N) is 1. The standard InChI is InChI=1S/C22H15Cl3N2O3/c23-18-5-3-15(10-19(18)24)13-30-21-6-4-14(9-20(21)25)8-16(11-26)22(28)27-12-17-2-1-7-29-17/h1-10H,12-13H2,(H,27,28). The normalized spacial score (nSPS) is 11.1. The van der Waals surface area contributed by atoms with Gasteiger partial charge < -0.3 is 14.5 Å². The number of benzene rings is 2. The van der Waals surface area contributed by atoms with Gasteiger partial charge in [0.05, 0.1) is 27.9 Å². The number of halogens is 3. The Kier molecular flexibility index (Phi) is 7.42. The van der Waals surface area contributed by atoms with Crippen LogP contribution in [-0.4, -0.2) is 5.91 Å². The molecule has 0 aliphatic heterocycles. The summed E-state index contributed by atoms with van der Waals surface area (Å²) in [5, 5.41) is 13.2. The van der Waals surface area contributed by atoms with Crippen LogP contribution in [0.25, 0.3) is 6.08 Å². The first-order valence-electron chi connectivity index (χ1n) is 8.75. The van der Waals surface area contributed by atoms with Crippen molar-refractivity contribution in [2.24, 2.45) is 0 Å². The summed E-state index contributed by atoms with van der Waals surface area (Å²) < 4.78 is 10.9. The molecule has 3 rings (SSSR count). The predicted octanol–water partition coefficient (Wildman–Crippen LogP) is 6.04. The Labute approximate surface area is 188 Å². The summed E-state index contributed by atoms with van der Waals surface area (Å²) in [7, 11) is 0. The van der Waals surface area contributed by atoms with E-state index in [1.165, 1.54) is 12.3 Å². The lowest BCUT2D eigenvalue weighted by Gasteiger charge is -2.09. The third-order valence-corrected chi connectivity index (χ3v) is 5.05. The van der Waals surface area contributed by atoms with Gasteiger partial charge in [-0.3, -0.25) is 4.79 Å². The fourth-order valence-electron chi connectivity index (χ4n) is 2.51. The highest BCUT2D eigenvalue weighted by molar-refractivity contribution is 6.42. The maximum absolute atomic E-state index is 12.2. The van der Waals surface area contributed by atoms with E-state index < -0.39 is 5.91 Å². The van der Waals surface area contributed by atoms with E-state index in [0.717, 1.165) is 5.56 Å². The minimum Gasteiger partial charge on any atom is -0.487 e. The van der Waals surface area contributed by atoms with Gasteiger partial charge in [-0.15, -0.1) is 0 Å². The van der Waals surface area contributed by atoms with Gasteiger partial charge in [0.1, 0.15) is 29.8 Å². The summed E-state index contributed by atoms with van der Waals surface area (Å²) in [6.07, 6.45) is 2.96. The van der Waals surface area contributed by atoms with Gasteiger partial charge in [0.25, 0.3) is 5.91 Å². The molecule has 0 aliphatic carbocycles. The van der Waals surface area contributed by atoms with Crippen molar-refractivity contribution in [2.45, 2.75) is 13.2 Å². The third kappa shape index (κ3) is 5.80. The summed E-state index contributed by atoms with van der Waals surface area (Å²) in [5.74, 6) is 0.540. The zero-order valence-corrected chi connectivity index (χ0v) is 17.8. The van der Waals surface area contributed by atoms with Crippen molar-refractivity contribution in [3.63, 3.8) is 0 Å². The zero-order chi connectivity index (χ0) is 21.5. The SMILES string of the molecule is N#CC(=Cc1ccc(OCc2ccc(Cl)c(Cl)c2)c(Cl)c1)C(=O)NCc1ccco1. The maximum Gasteiger partial charge on any atom is 0.262 e. The quantitative estimate of drug-likeness (QED) is 0.344. The number of nitriles is 1. The largest absolute Gasteiger partial charge is 0.487 e. The van der Waals surface area contributed by atoms with Crippen molar-refractivity contribution >= 4 is 46.8 Å². The lowest BCUT2D eigenvalue weighted by molar-refractivity contribution is -0.117. The summed E-state index contributed by atoms with van der Waals surface area (Å²) in [6, 6.07) is 15.5. The van der Waals surface area contributed by atoms with E-state index in [4.69, 9.17) is 44.0 Å². The van der Waals surface area contributed by atoms with E-state index in [-0.39, 0.29) is 18.7 Å². The van der Waals surface area contributed by atoms with Crippen LogP contribution in [-0.2, 0) is 17.9 Å². The number of ether oxygens (including phenoxy) is 1. The van der Waals surface area contributed by atoms with Gasteiger partial charge in [-0.2, -0.15) is 5.26 Å². The van der Waals surface area contributed by atoms with Gasteiger partial charge in [0, 0.05) is 0 Å². The van der Waals surface area contributed by atoms with Crippen molar-refractivity contribution in [3.8, 4) is 11.8 Å². The topological polar surface area (TPSA) is 75.3 Å². The number of amides is 1. The smallest absolute Gasteiger partial charge is 0.262 e. The molecular weight excluding hydrogens is 447 g/mol. The van der Waals surface area contributed by atoms with E-state index in [1.807, 2.05) is 6.07 Å². The molecule has 0 fully saturated rings. The van der Waals surface area contributed by atoms with Gasteiger partial charge in [0.15, 0.2) is 0 Å². The van der Waals surface area contributed by atoms with E-state index >= 15 is 0 Å². The van der Waals surface area contributed by atoms with Gasteiger partial charge in [-0.05, 0) is 53.6 Å². The van der Waals surface area contributed by atoms with Crippen LogP contribution in [0.2, 0.25) is 15.1 Å². The van der Waals surface area contributed by atoms with Gasteiger partial charge in [-0.25, -0.2) is 0 Å². The highest BCUT2D eigenvalue weighted by Gasteiger charge is 2.11. The first-order chi connectivity index (χ1) is 14.5. The average Bonchev–Trinajstić information content (AvgIpc) is 3.25. The number of carbonyl (C=O) groups is 1. The van der Waals surface area contributed by atoms with Crippen LogP contribution < -0.4 is 10.1 Å². The number of carbonyl (C=O) groups excluding carboxylic acids is 1. The summed E-state index contributed by atoms with van der Waals surface area (Å²) in [5.41, 5.74) is 1.37. The molecule has 3 aromatic rings. The molecule has 5 nitrogen and oxygen atoms in total. The summed E-state index contributed by atoms with van der Waals surface area (Å²) in [4.78, 5) is 12.2. The highest BCUT2D eigenvalue weighted by Crippen LogP contribution is 2.28. The Hall–Kier alpha value is -2.91. The van der Waals surface area contributed by atoms with Crippen LogP contribution in [0.15, 0.2) is 64.8 Å². The lowest BCUT2D eigenvalue weighted by Crippen LogP contribution is -2.23. The molecule has 0 saturated heterocycles. The number of hydrogen-bond donors (Lipinski definition) is 1. The second kappa shape index (κ2) is 10.2. The van der Waals surface area contributed by atoms with Crippen molar-refractivity contribution in [1.29, 1.82) is 5.26 Å².